The number of ether oxygens (including phenoxy) is 4. The van der Waals surface area contributed by atoms with Gasteiger partial charge < -0.3 is 28.7 Å². The highest BCUT2D eigenvalue weighted by Gasteiger charge is 2.19. The summed E-state index contributed by atoms with van der Waals surface area (Å²) in [6, 6.07) is 109. The summed E-state index contributed by atoms with van der Waals surface area (Å²) in [5, 5.41) is 4.38. The molecular formula is C84H72N4O4. The number of para-hydroxylation sites is 4. The summed E-state index contributed by atoms with van der Waals surface area (Å²) >= 11 is 0. The number of benzene rings is 13. The number of hydrogen-bond acceptors (Lipinski definition) is 8. The van der Waals surface area contributed by atoms with Crippen LogP contribution in [0.1, 0.15) is 27.7 Å². The van der Waals surface area contributed by atoms with E-state index in [9.17, 15) is 0 Å². The molecule has 0 amide bonds. The number of anilines is 6. The van der Waals surface area contributed by atoms with Gasteiger partial charge in [-0.1, -0.05) is 198 Å². The Bertz CT molecular complexity index is 4240. The number of aromatic nitrogens is 2. The van der Waals surface area contributed by atoms with E-state index >= 15 is 0 Å². The number of fused-ring (bicyclic) bond motifs is 6. The van der Waals surface area contributed by atoms with Gasteiger partial charge in [-0.15, -0.1) is 0 Å². The molecule has 0 N–H and O–H groups in total. The second-order valence-corrected chi connectivity index (χ2v) is 21.3. The van der Waals surface area contributed by atoms with E-state index in [-0.39, 0.29) is 0 Å². The van der Waals surface area contributed by atoms with Gasteiger partial charge in [0, 0.05) is 56.0 Å². The Kier molecular flexibility index (Phi) is 19.6. The molecule has 0 radical (unpaired) electrons. The predicted molar refractivity (Wildman–Crippen MR) is 383 cm³/mol. The molecule has 0 aliphatic rings. The fourth-order valence-corrected chi connectivity index (χ4v) is 11.4. The molecule has 1 heterocycles. The molecule has 0 bridgehead atoms. The minimum Gasteiger partial charge on any atom is -0.490 e. The number of rotatable bonds is 20. The Hall–Kier alpha value is -11.5. The van der Waals surface area contributed by atoms with Gasteiger partial charge in [0.1, 0.15) is 49.4 Å². The van der Waals surface area contributed by atoms with E-state index in [2.05, 4.69) is 252 Å². The van der Waals surface area contributed by atoms with Gasteiger partial charge >= 0.3 is 0 Å². The highest BCUT2D eigenvalue weighted by atomic mass is 16.5. The Morgan fingerprint density at radius 3 is 0.685 bits per heavy atom. The van der Waals surface area contributed by atoms with Gasteiger partial charge in [0.15, 0.2) is 0 Å². The highest BCUT2D eigenvalue weighted by Crippen LogP contribution is 2.41. The van der Waals surface area contributed by atoms with Crippen LogP contribution in [0.5, 0.6) is 23.0 Å². The molecule has 92 heavy (non-hydrogen) atoms. The van der Waals surface area contributed by atoms with Crippen molar-refractivity contribution < 1.29 is 18.9 Å². The quantitative estimate of drug-likeness (QED) is 0.0552. The van der Waals surface area contributed by atoms with Crippen molar-refractivity contribution in [2.75, 3.05) is 36.2 Å². The van der Waals surface area contributed by atoms with Crippen LogP contribution in [0.2, 0.25) is 0 Å². The lowest BCUT2D eigenvalue weighted by molar-refractivity contribution is 0.217. The first-order chi connectivity index (χ1) is 45.6. The molecule has 452 valence electrons. The maximum atomic E-state index is 6.24. The van der Waals surface area contributed by atoms with Gasteiger partial charge in [-0.2, -0.15) is 0 Å². The van der Waals surface area contributed by atoms with Gasteiger partial charge in [0.25, 0.3) is 0 Å². The second kappa shape index (κ2) is 29.7. The molecule has 0 spiro atoms. The zero-order chi connectivity index (χ0) is 62.9. The molecule has 0 saturated heterocycles. The summed E-state index contributed by atoms with van der Waals surface area (Å²) < 4.78 is 24.8. The molecule has 8 nitrogen and oxygen atoms in total. The summed E-state index contributed by atoms with van der Waals surface area (Å²) in [5.41, 5.74) is 16.2. The summed E-state index contributed by atoms with van der Waals surface area (Å²) in [6.45, 7) is 9.51. The van der Waals surface area contributed by atoms with Crippen LogP contribution in [0.3, 0.4) is 0 Å². The third-order valence-electron chi connectivity index (χ3n) is 15.7. The zero-order valence-electron chi connectivity index (χ0n) is 52.3. The van der Waals surface area contributed by atoms with Crippen molar-refractivity contribution in [2.24, 2.45) is 0 Å². The molecule has 0 unspecified atom stereocenters. The monoisotopic (exact) mass is 1200 g/mol. The van der Waals surface area contributed by atoms with Gasteiger partial charge in [-0.3, -0.25) is 0 Å². The molecule has 8 heteroatoms. The van der Waals surface area contributed by atoms with E-state index in [0.29, 0.717) is 26.4 Å². The minimum atomic E-state index is 0.372. The van der Waals surface area contributed by atoms with Crippen molar-refractivity contribution in [3.63, 3.8) is 0 Å². The zero-order valence-corrected chi connectivity index (χ0v) is 52.3. The van der Waals surface area contributed by atoms with Crippen LogP contribution in [-0.4, -0.2) is 36.4 Å². The average molecular weight is 1200 g/mol. The SMILES string of the molecule is CC.CC.c1ccc(N(c2ccccc2)c2ccc(-c3ccc(OCCOc4ccc(-c5nc6c7ccccc7c7ccccc7c6nc5-c5ccc(OCCOc6ccc(-c7ccc(N(c8ccccc8)c8ccccc8)cc7)cc6)cc5)cc4)cc3)cc2)cc1. The molecule has 0 fully saturated rings. The van der Waals surface area contributed by atoms with Crippen molar-refractivity contribution >= 4 is 66.7 Å². The van der Waals surface area contributed by atoms with Gasteiger partial charge in [0.05, 0.1) is 22.4 Å². The topological polar surface area (TPSA) is 69.2 Å². The third kappa shape index (κ3) is 13.9. The van der Waals surface area contributed by atoms with Crippen molar-refractivity contribution in [1.82, 2.24) is 9.97 Å². The molecule has 13 aromatic carbocycles. The van der Waals surface area contributed by atoms with Crippen LogP contribution >= 0.6 is 0 Å². The van der Waals surface area contributed by atoms with Crippen molar-refractivity contribution in [3.8, 4) is 67.8 Å². The molecule has 0 aliphatic carbocycles. The fourth-order valence-electron chi connectivity index (χ4n) is 11.4. The minimum absolute atomic E-state index is 0.372. The Morgan fingerprint density at radius 2 is 0.424 bits per heavy atom. The van der Waals surface area contributed by atoms with Gasteiger partial charge in [-0.05, 0) is 179 Å². The van der Waals surface area contributed by atoms with Gasteiger partial charge in [0.2, 0.25) is 0 Å². The van der Waals surface area contributed by atoms with Crippen LogP contribution in [0.4, 0.5) is 34.1 Å². The molecule has 14 aromatic rings. The van der Waals surface area contributed by atoms with E-state index in [4.69, 9.17) is 28.9 Å². The normalized spacial score (nSPS) is 10.8. The first kappa shape index (κ1) is 60.8. The van der Waals surface area contributed by atoms with Crippen LogP contribution < -0.4 is 28.7 Å². The number of nitrogens with zero attached hydrogens (tertiary/aromatic N) is 4. The Morgan fingerprint density at radius 1 is 0.217 bits per heavy atom. The van der Waals surface area contributed by atoms with Crippen LogP contribution in [0, 0.1) is 0 Å². The van der Waals surface area contributed by atoms with E-state index in [1.54, 1.807) is 0 Å². The predicted octanol–water partition coefficient (Wildman–Crippen LogP) is 22.5. The first-order valence-corrected chi connectivity index (χ1v) is 31.7. The maximum absolute atomic E-state index is 6.24. The van der Waals surface area contributed by atoms with Crippen LogP contribution in [0.25, 0.3) is 77.3 Å². The summed E-state index contributed by atoms with van der Waals surface area (Å²) in [4.78, 5) is 15.5. The molecule has 14 rings (SSSR count). The largest absolute Gasteiger partial charge is 0.490 e. The highest BCUT2D eigenvalue weighted by molar-refractivity contribution is 6.23. The molecule has 1 aromatic heterocycles. The number of hydrogen-bond donors (Lipinski definition) is 0. The molecule has 0 atom stereocenters. The lowest BCUT2D eigenvalue weighted by Crippen LogP contribution is -2.09. The Balaban J connectivity index is 0.00000200. The van der Waals surface area contributed by atoms with E-state index in [1.807, 2.05) is 100 Å². The summed E-state index contributed by atoms with van der Waals surface area (Å²) in [5.74, 6) is 3.02. The molecular weight excluding hydrogens is 1130 g/mol. The van der Waals surface area contributed by atoms with Crippen molar-refractivity contribution in [1.29, 1.82) is 0 Å². The summed E-state index contributed by atoms with van der Waals surface area (Å²) in [7, 11) is 0. The second-order valence-electron chi connectivity index (χ2n) is 21.3. The van der Waals surface area contributed by atoms with E-state index < -0.39 is 0 Å². The first-order valence-electron chi connectivity index (χ1n) is 31.7. The average Bonchev–Trinajstić information content (AvgIpc) is 0.756. The smallest absolute Gasteiger partial charge is 0.122 e. The van der Waals surface area contributed by atoms with Crippen molar-refractivity contribution in [2.45, 2.75) is 27.7 Å². The lowest BCUT2D eigenvalue weighted by Gasteiger charge is -2.25. The van der Waals surface area contributed by atoms with Crippen molar-refractivity contribution in [3.05, 3.63) is 315 Å². The lowest BCUT2D eigenvalue weighted by atomic mass is 9.98. The maximum Gasteiger partial charge on any atom is 0.122 e. The van der Waals surface area contributed by atoms with E-state index in [0.717, 1.165) is 134 Å². The van der Waals surface area contributed by atoms with Crippen LogP contribution in [-0.2, 0) is 0 Å². The van der Waals surface area contributed by atoms with Gasteiger partial charge in [-0.25, -0.2) is 9.97 Å². The standard InChI is InChI=1S/C80H60N4O4.2C2H6/c1-5-17-63(18-6-1)83(64-19-7-2-8-20-64)67-41-29-57(30-42-67)59-33-45-69(46-34-59)85-53-55-87-71-49-37-61(38-50-71)77-78(82-80-76-28-16-14-26-74(76)73-25-13-15-27-75(73)79(80)81-77)62-39-51-72(52-40-62)88-56-54-86-70-47-35-60(36-48-70)58-31-43-68(44-32-58)84(65-21-9-3-10-22-65)66-23-11-4-12-24-66;2*1-2/h1-52H,53-56H2;2*1-2H3. The van der Waals surface area contributed by atoms with Crippen LogP contribution in [0.15, 0.2) is 315 Å². The Labute approximate surface area is 539 Å². The summed E-state index contributed by atoms with van der Waals surface area (Å²) in [6.07, 6.45) is 0. The third-order valence-corrected chi connectivity index (χ3v) is 15.7. The molecule has 0 aliphatic heterocycles. The fraction of sp³-hybridized carbons (Fsp3) is 0.0952. The molecule has 0 saturated carbocycles. The van der Waals surface area contributed by atoms with E-state index in [1.165, 1.54) is 0 Å².